The number of nitrogens with two attached hydrogens (primary N) is 1. The van der Waals surface area contributed by atoms with E-state index >= 15 is 0 Å². The highest BCUT2D eigenvalue weighted by Gasteiger charge is 2.49. The molecule has 2 atom stereocenters. The second-order valence-corrected chi connectivity index (χ2v) is 5.74. The Hall–Kier alpha value is -1.41. The van der Waals surface area contributed by atoms with Gasteiger partial charge in [-0.1, -0.05) is 32.0 Å². The first kappa shape index (κ1) is 10.7. The van der Waals surface area contributed by atoms with Gasteiger partial charge in [0.05, 0.1) is 5.52 Å². The quantitative estimate of drug-likeness (QED) is 0.853. The lowest BCUT2D eigenvalue weighted by Crippen LogP contribution is -2.15. The van der Waals surface area contributed by atoms with Crippen molar-refractivity contribution in [2.75, 3.05) is 0 Å². The van der Waals surface area contributed by atoms with Gasteiger partial charge in [0.2, 0.25) is 0 Å². The Morgan fingerprint density at radius 2 is 2.06 bits per heavy atom. The van der Waals surface area contributed by atoms with E-state index in [1.54, 1.807) is 0 Å². The summed E-state index contributed by atoms with van der Waals surface area (Å²) in [4.78, 5) is 4.38. The lowest BCUT2D eigenvalue weighted by molar-refractivity contribution is 0.493. The maximum Gasteiger partial charge on any atom is 0.0705 e. The molecule has 0 radical (unpaired) electrons. The Labute approximate surface area is 102 Å². The number of aromatic nitrogens is 1. The molecule has 1 fully saturated rings. The molecule has 0 bridgehead atoms. The van der Waals surface area contributed by atoms with E-state index in [1.807, 2.05) is 18.3 Å². The molecule has 1 aromatic heterocycles. The van der Waals surface area contributed by atoms with Crippen LogP contribution in [0.25, 0.3) is 10.9 Å². The Morgan fingerprint density at radius 1 is 1.29 bits per heavy atom. The van der Waals surface area contributed by atoms with E-state index in [0.29, 0.717) is 11.3 Å². The summed E-state index contributed by atoms with van der Waals surface area (Å²) in [6, 6.07) is 10.5. The minimum absolute atomic E-state index is 0.137. The van der Waals surface area contributed by atoms with Crippen LogP contribution in [0.3, 0.4) is 0 Å². The van der Waals surface area contributed by atoms with E-state index in [0.717, 1.165) is 5.52 Å². The van der Waals surface area contributed by atoms with Crippen LogP contribution in [-0.4, -0.2) is 4.98 Å². The molecular weight excluding hydrogens is 208 g/mol. The van der Waals surface area contributed by atoms with E-state index in [1.165, 1.54) is 17.4 Å². The second kappa shape index (κ2) is 3.54. The van der Waals surface area contributed by atoms with E-state index < -0.39 is 0 Å². The number of benzene rings is 1. The Bertz CT molecular complexity index is 554. The molecule has 1 aromatic carbocycles. The summed E-state index contributed by atoms with van der Waals surface area (Å²) in [5.41, 5.74) is 9.10. The van der Waals surface area contributed by atoms with Crippen molar-refractivity contribution in [2.45, 2.75) is 26.3 Å². The fraction of sp³-hybridized carbons (Fsp3) is 0.400. The molecule has 1 saturated carbocycles. The molecule has 1 aliphatic rings. The smallest absolute Gasteiger partial charge is 0.0705 e. The van der Waals surface area contributed by atoms with Crippen molar-refractivity contribution in [1.82, 2.24) is 4.98 Å². The van der Waals surface area contributed by atoms with Crippen LogP contribution in [-0.2, 0) is 0 Å². The van der Waals surface area contributed by atoms with E-state index in [-0.39, 0.29) is 6.04 Å². The minimum atomic E-state index is 0.137. The van der Waals surface area contributed by atoms with Gasteiger partial charge in [-0.3, -0.25) is 4.98 Å². The molecule has 0 aliphatic heterocycles. The van der Waals surface area contributed by atoms with Gasteiger partial charge in [-0.15, -0.1) is 0 Å². The third-order valence-electron chi connectivity index (χ3n) is 4.06. The highest BCUT2D eigenvalue weighted by molar-refractivity contribution is 5.82. The average molecular weight is 226 g/mol. The van der Waals surface area contributed by atoms with Crippen LogP contribution in [0.15, 0.2) is 36.5 Å². The van der Waals surface area contributed by atoms with Crippen molar-refractivity contribution < 1.29 is 0 Å². The predicted molar refractivity (Wildman–Crippen MR) is 70.6 cm³/mol. The molecule has 3 rings (SSSR count). The summed E-state index contributed by atoms with van der Waals surface area (Å²) < 4.78 is 0. The van der Waals surface area contributed by atoms with Gasteiger partial charge < -0.3 is 5.73 Å². The van der Waals surface area contributed by atoms with Crippen LogP contribution >= 0.6 is 0 Å². The van der Waals surface area contributed by atoms with Gasteiger partial charge in [0.25, 0.3) is 0 Å². The molecule has 0 amide bonds. The zero-order valence-corrected chi connectivity index (χ0v) is 10.4. The third kappa shape index (κ3) is 1.73. The monoisotopic (exact) mass is 226 g/mol. The summed E-state index contributed by atoms with van der Waals surface area (Å²) in [7, 11) is 0. The van der Waals surface area contributed by atoms with Crippen LogP contribution in [0, 0.1) is 11.3 Å². The van der Waals surface area contributed by atoms with E-state index in [4.69, 9.17) is 5.73 Å². The average Bonchev–Trinajstić information content (AvgIpc) is 2.97. The minimum Gasteiger partial charge on any atom is -0.324 e. The van der Waals surface area contributed by atoms with E-state index in [2.05, 4.69) is 37.0 Å². The molecule has 2 nitrogen and oxygen atoms in total. The molecule has 1 heterocycles. The van der Waals surface area contributed by atoms with Crippen LogP contribution in [0.5, 0.6) is 0 Å². The van der Waals surface area contributed by atoms with Gasteiger partial charge >= 0.3 is 0 Å². The van der Waals surface area contributed by atoms with Gasteiger partial charge in [-0.05, 0) is 35.4 Å². The number of pyridine rings is 1. The fourth-order valence-electron chi connectivity index (χ4n) is 2.76. The lowest BCUT2D eigenvalue weighted by Gasteiger charge is -2.16. The highest BCUT2D eigenvalue weighted by Crippen LogP contribution is 2.57. The summed E-state index contributed by atoms with van der Waals surface area (Å²) in [5.74, 6) is 0.605. The first-order valence-corrected chi connectivity index (χ1v) is 6.19. The zero-order chi connectivity index (χ0) is 12.0. The molecular formula is C15H18N2. The van der Waals surface area contributed by atoms with E-state index in [9.17, 15) is 0 Å². The predicted octanol–water partition coefficient (Wildman–Crippen LogP) is 3.28. The maximum atomic E-state index is 6.41. The van der Waals surface area contributed by atoms with Crippen LogP contribution in [0.4, 0.5) is 0 Å². The van der Waals surface area contributed by atoms with Crippen molar-refractivity contribution in [2.24, 2.45) is 17.1 Å². The molecule has 17 heavy (non-hydrogen) atoms. The molecule has 2 aromatic rings. The van der Waals surface area contributed by atoms with Crippen molar-refractivity contribution >= 4 is 10.9 Å². The summed E-state index contributed by atoms with van der Waals surface area (Å²) in [6.45, 7) is 4.59. The van der Waals surface area contributed by atoms with Crippen molar-refractivity contribution in [3.8, 4) is 0 Å². The number of fused-ring (bicyclic) bond motifs is 1. The Morgan fingerprint density at radius 3 is 2.76 bits per heavy atom. The first-order chi connectivity index (χ1) is 8.09. The molecule has 88 valence electrons. The summed E-state index contributed by atoms with van der Waals surface area (Å²) >= 11 is 0. The molecule has 2 heteroatoms. The summed E-state index contributed by atoms with van der Waals surface area (Å²) in [6.07, 6.45) is 3.06. The van der Waals surface area contributed by atoms with Crippen molar-refractivity contribution in [1.29, 1.82) is 0 Å². The van der Waals surface area contributed by atoms with Gasteiger partial charge in [0.15, 0.2) is 0 Å². The number of rotatable bonds is 2. The Balaban J connectivity index is 2.06. The van der Waals surface area contributed by atoms with Gasteiger partial charge in [-0.25, -0.2) is 0 Å². The van der Waals surface area contributed by atoms with Crippen LogP contribution in [0.1, 0.15) is 31.9 Å². The molecule has 0 saturated heterocycles. The molecule has 2 N–H and O–H groups in total. The first-order valence-electron chi connectivity index (χ1n) is 6.19. The number of hydrogen-bond acceptors (Lipinski definition) is 2. The SMILES string of the molecule is CC1(C)CC1C(N)c1cccc2ncccc12. The summed E-state index contributed by atoms with van der Waals surface area (Å²) in [5, 5.41) is 1.20. The Kier molecular flexibility index (Phi) is 2.23. The second-order valence-electron chi connectivity index (χ2n) is 5.74. The molecule has 0 spiro atoms. The van der Waals surface area contributed by atoms with Gasteiger partial charge in [-0.2, -0.15) is 0 Å². The fourth-order valence-corrected chi connectivity index (χ4v) is 2.76. The van der Waals surface area contributed by atoms with Crippen molar-refractivity contribution in [3.05, 3.63) is 42.1 Å². The number of nitrogens with zero attached hydrogens (tertiary/aromatic N) is 1. The van der Waals surface area contributed by atoms with Crippen LogP contribution in [0.2, 0.25) is 0 Å². The largest absolute Gasteiger partial charge is 0.324 e. The topological polar surface area (TPSA) is 38.9 Å². The zero-order valence-electron chi connectivity index (χ0n) is 10.4. The maximum absolute atomic E-state index is 6.41. The highest BCUT2D eigenvalue weighted by atomic mass is 14.7. The third-order valence-corrected chi connectivity index (χ3v) is 4.06. The van der Waals surface area contributed by atoms with Crippen molar-refractivity contribution in [3.63, 3.8) is 0 Å². The standard InChI is InChI=1S/C15H18N2/c1-15(2)9-12(15)14(16)11-5-3-7-13-10(11)6-4-8-17-13/h3-8,12,14H,9,16H2,1-2H3. The van der Waals surface area contributed by atoms with Gasteiger partial charge in [0.1, 0.15) is 0 Å². The number of hydrogen-bond donors (Lipinski definition) is 1. The molecule has 1 aliphatic carbocycles. The lowest BCUT2D eigenvalue weighted by atomic mass is 9.95. The van der Waals surface area contributed by atoms with Crippen LogP contribution < -0.4 is 5.73 Å². The normalized spacial score (nSPS) is 23.6. The molecule has 2 unspecified atom stereocenters. The van der Waals surface area contributed by atoms with Gasteiger partial charge in [0, 0.05) is 17.6 Å².